The first kappa shape index (κ1) is 13.1. The fourth-order valence-electron chi connectivity index (χ4n) is 1.52. The first-order chi connectivity index (χ1) is 8.61. The number of thiazole rings is 1. The van der Waals surface area contributed by atoms with Crippen LogP contribution in [0.4, 0.5) is 5.13 Å². The van der Waals surface area contributed by atoms with Gasteiger partial charge in [-0.2, -0.15) is 0 Å². The summed E-state index contributed by atoms with van der Waals surface area (Å²) in [5.41, 5.74) is 1.86. The van der Waals surface area contributed by atoms with Crippen LogP contribution in [0.3, 0.4) is 0 Å². The molecule has 3 nitrogen and oxygen atoms in total. The second-order valence-corrected chi connectivity index (χ2v) is 5.10. The van der Waals surface area contributed by atoms with Gasteiger partial charge in [0.05, 0.1) is 5.69 Å². The summed E-state index contributed by atoms with van der Waals surface area (Å²) in [4.78, 5) is 17.6. The lowest BCUT2D eigenvalue weighted by atomic mass is 10.2. The first-order valence-corrected chi connectivity index (χ1v) is 6.85. The highest BCUT2D eigenvalue weighted by Gasteiger charge is 2.13. The van der Waals surface area contributed by atoms with Crippen LogP contribution < -0.4 is 4.90 Å². The van der Waals surface area contributed by atoms with Crippen LogP contribution in [0.2, 0.25) is 5.02 Å². The van der Waals surface area contributed by atoms with Crippen LogP contribution in [0.5, 0.6) is 0 Å². The number of hydrogen-bond donors (Lipinski definition) is 0. The quantitative estimate of drug-likeness (QED) is 0.856. The molecule has 0 fully saturated rings. The van der Waals surface area contributed by atoms with Crippen molar-refractivity contribution in [2.45, 2.75) is 13.3 Å². The van der Waals surface area contributed by atoms with Crippen molar-refractivity contribution in [2.24, 2.45) is 0 Å². The summed E-state index contributed by atoms with van der Waals surface area (Å²) in [6.07, 6.45) is 0.479. The topological polar surface area (TPSA) is 33.2 Å². The molecule has 0 aliphatic heterocycles. The maximum atomic E-state index is 11.6. The minimum absolute atomic E-state index is 0.0620. The van der Waals surface area contributed by atoms with E-state index in [2.05, 4.69) is 4.98 Å². The number of rotatable bonds is 3. The second kappa shape index (κ2) is 5.50. The van der Waals surface area contributed by atoms with E-state index in [0.717, 1.165) is 11.3 Å². The van der Waals surface area contributed by atoms with Crippen molar-refractivity contribution in [3.05, 3.63) is 34.7 Å². The third-order valence-electron chi connectivity index (χ3n) is 2.60. The summed E-state index contributed by atoms with van der Waals surface area (Å²) in [5.74, 6) is 0.0620. The SMILES string of the molecule is CCC(=O)N(C)c1nc(-c2ccc(Cl)cc2)cs1. The molecule has 2 aromatic rings. The van der Waals surface area contributed by atoms with Gasteiger partial charge in [0.15, 0.2) is 5.13 Å². The number of carbonyl (C=O) groups excluding carboxylic acids is 1. The first-order valence-electron chi connectivity index (χ1n) is 5.60. The molecule has 0 aliphatic rings. The third kappa shape index (κ3) is 2.71. The zero-order valence-corrected chi connectivity index (χ0v) is 11.8. The summed E-state index contributed by atoms with van der Waals surface area (Å²) in [5, 5.41) is 3.36. The zero-order chi connectivity index (χ0) is 13.1. The van der Waals surface area contributed by atoms with Gasteiger partial charge in [-0.15, -0.1) is 11.3 Å². The Bertz CT molecular complexity index is 550. The van der Waals surface area contributed by atoms with Gasteiger partial charge in [0, 0.05) is 29.4 Å². The molecule has 0 saturated carbocycles. The Kier molecular flexibility index (Phi) is 3.99. The average molecular weight is 281 g/mol. The van der Waals surface area contributed by atoms with E-state index in [9.17, 15) is 4.79 Å². The highest BCUT2D eigenvalue weighted by molar-refractivity contribution is 7.14. The van der Waals surface area contributed by atoms with Crippen LogP contribution in [0.1, 0.15) is 13.3 Å². The standard InChI is InChI=1S/C13H13ClN2OS/c1-3-12(17)16(2)13-15-11(8-18-13)9-4-6-10(14)7-5-9/h4-8H,3H2,1-2H3. The Morgan fingerprint density at radius 3 is 2.67 bits per heavy atom. The Morgan fingerprint density at radius 2 is 2.06 bits per heavy atom. The lowest BCUT2D eigenvalue weighted by Gasteiger charge is -2.11. The minimum atomic E-state index is 0.0620. The van der Waals surface area contributed by atoms with E-state index < -0.39 is 0 Å². The molecule has 0 spiro atoms. The van der Waals surface area contributed by atoms with E-state index in [1.165, 1.54) is 11.3 Å². The van der Waals surface area contributed by atoms with Gasteiger partial charge in [-0.25, -0.2) is 4.98 Å². The normalized spacial score (nSPS) is 10.4. The summed E-state index contributed by atoms with van der Waals surface area (Å²) < 4.78 is 0. The van der Waals surface area contributed by atoms with Gasteiger partial charge in [0.2, 0.25) is 5.91 Å². The summed E-state index contributed by atoms with van der Waals surface area (Å²) >= 11 is 7.31. The van der Waals surface area contributed by atoms with Gasteiger partial charge in [0.1, 0.15) is 0 Å². The number of halogens is 1. The summed E-state index contributed by atoms with van der Waals surface area (Å²) in [6.45, 7) is 1.84. The molecule has 1 amide bonds. The van der Waals surface area contributed by atoms with Crippen LogP contribution in [0.25, 0.3) is 11.3 Å². The molecule has 0 bridgehead atoms. The lowest BCUT2D eigenvalue weighted by molar-refractivity contribution is -0.118. The molecular formula is C13H13ClN2OS. The van der Waals surface area contributed by atoms with E-state index in [0.29, 0.717) is 16.6 Å². The highest BCUT2D eigenvalue weighted by Crippen LogP contribution is 2.27. The fraction of sp³-hybridized carbons (Fsp3) is 0.231. The van der Waals surface area contributed by atoms with Crippen molar-refractivity contribution in [1.82, 2.24) is 4.98 Å². The number of amides is 1. The fourth-order valence-corrected chi connectivity index (χ4v) is 2.46. The van der Waals surface area contributed by atoms with Crippen LogP contribution in [0, 0.1) is 0 Å². The largest absolute Gasteiger partial charge is 0.291 e. The van der Waals surface area contributed by atoms with E-state index in [1.807, 2.05) is 36.6 Å². The number of aromatic nitrogens is 1. The molecule has 1 aromatic heterocycles. The van der Waals surface area contributed by atoms with Crippen molar-refractivity contribution >= 4 is 34.0 Å². The predicted molar refractivity (Wildman–Crippen MR) is 76.3 cm³/mol. The Labute approximate surface area is 115 Å². The summed E-state index contributed by atoms with van der Waals surface area (Å²) in [7, 11) is 1.75. The molecule has 0 atom stereocenters. The van der Waals surface area contributed by atoms with E-state index in [4.69, 9.17) is 11.6 Å². The smallest absolute Gasteiger partial charge is 0.228 e. The molecule has 0 unspecified atom stereocenters. The number of anilines is 1. The van der Waals surface area contributed by atoms with Gasteiger partial charge in [-0.3, -0.25) is 9.69 Å². The third-order valence-corrected chi connectivity index (χ3v) is 3.76. The zero-order valence-electron chi connectivity index (χ0n) is 10.2. The van der Waals surface area contributed by atoms with Gasteiger partial charge in [-0.05, 0) is 12.1 Å². The molecule has 0 N–H and O–H groups in total. The van der Waals surface area contributed by atoms with Crippen molar-refractivity contribution in [3.63, 3.8) is 0 Å². The number of carbonyl (C=O) groups is 1. The van der Waals surface area contributed by atoms with Gasteiger partial charge >= 0.3 is 0 Å². The Balaban J connectivity index is 2.25. The monoisotopic (exact) mass is 280 g/mol. The van der Waals surface area contributed by atoms with Crippen LogP contribution >= 0.6 is 22.9 Å². The molecule has 5 heteroatoms. The number of nitrogens with zero attached hydrogens (tertiary/aromatic N) is 2. The average Bonchev–Trinajstić information content (AvgIpc) is 2.87. The van der Waals surface area contributed by atoms with Crippen molar-refractivity contribution in [3.8, 4) is 11.3 Å². The Morgan fingerprint density at radius 1 is 1.39 bits per heavy atom. The van der Waals surface area contributed by atoms with Crippen LogP contribution in [0.15, 0.2) is 29.6 Å². The molecule has 0 aliphatic carbocycles. The highest BCUT2D eigenvalue weighted by atomic mass is 35.5. The maximum absolute atomic E-state index is 11.6. The van der Waals surface area contributed by atoms with Gasteiger partial charge < -0.3 is 0 Å². The van der Waals surface area contributed by atoms with E-state index in [-0.39, 0.29) is 5.91 Å². The molecule has 1 aromatic carbocycles. The molecule has 0 saturated heterocycles. The molecule has 94 valence electrons. The van der Waals surface area contributed by atoms with Crippen molar-refractivity contribution < 1.29 is 4.79 Å². The minimum Gasteiger partial charge on any atom is -0.291 e. The predicted octanol–water partition coefficient (Wildman–Crippen LogP) is 3.84. The summed E-state index contributed by atoms with van der Waals surface area (Å²) in [6, 6.07) is 7.50. The lowest BCUT2D eigenvalue weighted by Crippen LogP contribution is -2.24. The maximum Gasteiger partial charge on any atom is 0.228 e. The van der Waals surface area contributed by atoms with Gasteiger partial charge in [0.25, 0.3) is 0 Å². The molecule has 18 heavy (non-hydrogen) atoms. The van der Waals surface area contributed by atoms with E-state index >= 15 is 0 Å². The second-order valence-electron chi connectivity index (χ2n) is 3.83. The molecule has 1 heterocycles. The van der Waals surface area contributed by atoms with Crippen molar-refractivity contribution in [2.75, 3.05) is 11.9 Å². The Hall–Kier alpha value is -1.39. The number of benzene rings is 1. The molecule has 0 radical (unpaired) electrons. The van der Waals surface area contributed by atoms with Crippen molar-refractivity contribution in [1.29, 1.82) is 0 Å². The number of hydrogen-bond acceptors (Lipinski definition) is 3. The van der Waals surface area contributed by atoms with E-state index in [1.54, 1.807) is 11.9 Å². The molecule has 2 rings (SSSR count). The van der Waals surface area contributed by atoms with Crippen LogP contribution in [-0.4, -0.2) is 17.9 Å². The van der Waals surface area contributed by atoms with Crippen LogP contribution in [-0.2, 0) is 4.79 Å². The van der Waals surface area contributed by atoms with Gasteiger partial charge in [-0.1, -0.05) is 30.7 Å². The molecular weight excluding hydrogens is 268 g/mol.